The Balaban J connectivity index is 2.24. The number of nitrogens with one attached hydrogen (secondary N) is 1. The highest BCUT2D eigenvalue weighted by Gasteiger charge is 2.13. The number of benzene rings is 1. The van der Waals surface area contributed by atoms with E-state index < -0.39 is 10.0 Å². The standard InChI is InChI=1S/C13H13NO5S/c15-8-7-14-20(17,18)12-4-1-10(2-5-12)13-6-3-11(9-16)19-13/h1-6,9,14-15H,7-8H2. The topological polar surface area (TPSA) is 96.6 Å². The molecule has 0 aliphatic heterocycles. The second-order valence-electron chi connectivity index (χ2n) is 3.97. The Kier molecular flexibility index (Phi) is 4.33. The van der Waals surface area contributed by atoms with Crippen molar-refractivity contribution in [1.29, 1.82) is 0 Å². The molecule has 2 rings (SSSR count). The van der Waals surface area contributed by atoms with Crippen LogP contribution in [0.3, 0.4) is 0 Å². The summed E-state index contributed by atoms with van der Waals surface area (Å²) < 4.78 is 31.1. The third-order valence-electron chi connectivity index (χ3n) is 2.60. The van der Waals surface area contributed by atoms with Gasteiger partial charge in [0.15, 0.2) is 12.0 Å². The van der Waals surface area contributed by atoms with E-state index in [1.54, 1.807) is 18.2 Å². The molecule has 7 heteroatoms. The van der Waals surface area contributed by atoms with E-state index >= 15 is 0 Å². The summed E-state index contributed by atoms with van der Waals surface area (Å²) in [5.74, 6) is 0.695. The zero-order chi connectivity index (χ0) is 14.6. The highest BCUT2D eigenvalue weighted by molar-refractivity contribution is 7.89. The lowest BCUT2D eigenvalue weighted by atomic mass is 10.2. The normalized spacial score (nSPS) is 11.4. The summed E-state index contributed by atoms with van der Waals surface area (Å²) in [6.45, 7) is -0.302. The number of carbonyl (C=O) groups excluding carboxylic acids is 1. The van der Waals surface area contributed by atoms with Gasteiger partial charge in [-0.15, -0.1) is 0 Å². The highest BCUT2D eigenvalue weighted by atomic mass is 32.2. The van der Waals surface area contributed by atoms with Crippen molar-refractivity contribution >= 4 is 16.3 Å². The second-order valence-corrected chi connectivity index (χ2v) is 5.73. The summed E-state index contributed by atoms with van der Waals surface area (Å²) in [6, 6.07) is 9.20. The van der Waals surface area contributed by atoms with E-state index in [1.807, 2.05) is 0 Å². The lowest BCUT2D eigenvalue weighted by Gasteiger charge is -2.05. The van der Waals surface area contributed by atoms with Gasteiger partial charge >= 0.3 is 0 Å². The molecule has 2 N–H and O–H groups in total. The average Bonchev–Trinajstić information content (AvgIpc) is 2.94. The lowest BCUT2D eigenvalue weighted by Crippen LogP contribution is -2.26. The fourth-order valence-corrected chi connectivity index (χ4v) is 2.65. The van der Waals surface area contributed by atoms with Gasteiger partial charge in [0, 0.05) is 12.1 Å². The number of aldehydes is 1. The van der Waals surface area contributed by atoms with Crippen molar-refractivity contribution in [3.63, 3.8) is 0 Å². The Bertz CT molecular complexity index is 688. The van der Waals surface area contributed by atoms with E-state index in [9.17, 15) is 13.2 Å². The third kappa shape index (κ3) is 3.13. The molecule has 0 radical (unpaired) electrons. The molecule has 1 aromatic carbocycles. The predicted molar refractivity (Wildman–Crippen MR) is 71.8 cm³/mol. The molecular formula is C13H13NO5S. The van der Waals surface area contributed by atoms with Gasteiger partial charge in [0.25, 0.3) is 0 Å². The Morgan fingerprint density at radius 2 is 1.85 bits per heavy atom. The van der Waals surface area contributed by atoms with Crippen LogP contribution in [0.1, 0.15) is 10.6 Å². The molecule has 0 saturated heterocycles. The first-order valence-electron chi connectivity index (χ1n) is 5.83. The van der Waals surface area contributed by atoms with Crippen molar-refractivity contribution in [2.45, 2.75) is 4.90 Å². The smallest absolute Gasteiger partial charge is 0.240 e. The summed E-state index contributed by atoms with van der Waals surface area (Å²) in [7, 11) is -3.62. The minimum Gasteiger partial charge on any atom is -0.453 e. The van der Waals surface area contributed by atoms with Crippen molar-refractivity contribution in [1.82, 2.24) is 4.72 Å². The van der Waals surface area contributed by atoms with Crippen molar-refractivity contribution < 1.29 is 22.7 Å². The number of hydrogen-bond donors (Lipinski definition) is 2. The summed E-state index contributed by atoms with van der Waals surface area (Å²) in [5, 5.41) is 8.63. The highest BCUT2D eigenvalue weighted by Crippen LogP contribution is 2.23. The predicted octanol–water partition coefficient (Wildman–Crippen LogP) is 1.03. The Labute approximate surface area is 116 Å². The van der Waals surface area contributed by atoms with Crippen LogP contribution in [0.15, 0.2) is 45.7 Å². The van der Waals surface area contributed by atoms with Gasteiger partial charge in [-0.1, -0.05) is 0 Å². The van der Waals surface area contributed by atoms with Crippen molar-refractivity contribution in [3.05, 3.63) is 42.2 Å². The summed E-state index contributed by atoms with van der Waals surface area (Å²) in [5.41, 5.74) is 0.666. The van der Waals surface area contributed by atoms with Crippen LogP contribution in [0.25, 0.3) is 11.3 Å². The van der Waals surface area contributed by atoms with E-state index in [1.165, 1.54) is 18.2 Å². The zero-order valence-corrected chi connectivity index (χ0v) is 11.3. The van der Waals surface area contributed by atoms with Gasteiger partial charge in [-0.2, -0.15) is 0 Å². The minimum absolute atomic E-state index is 0.0367. The number of furan rings is 1. The van der Waals surface area contributed by atoms with Crippen molar-refractivity contribution in [2.24, 2.45) is 0 Å². The molecule has 0 aliphatic carbocycles. The minimum atomic E-state index is -3.62. The second kappa shape index (κ2) is 6.00. The van der Waals surface area contributed by atoms with E-state index in [2.05, 4.69) is 4.72 Å². The summed E-state index contributed by atoms with van der Waals surface area (Å²) >= 11 is 0. The fraction of sp³-hybridized carbons (Fsp3) is 0.154. The van der Waals surface area contributed by atoms with Gasteiger partial charge in [0.2, 0.25) is 10.0 Å². The van der Waals surface area contributed by atoms with Gasteiger partial charge in [-0.25, -0.2) is 13.1 Å². The first kappa shape index (κ1) is 14.4. The maximum absolute atomic E-state index is 11.8. The number of sulfonamides is 1. The quantitative estimate of drug-likeness (QED) is 0.776. The zero-order valence-electron chi connectivity index (χ0n) is 10.4. The van der Waals surface area contributed by atoms with E-state index in [-0.39, 0.29) is 23.8 Å². The molecule has 0 spiro atoms. The molecule has 1 aromatic heterocycles. The molecule has 106 valence electrons. The van der Waals surface area contributed by atoms with Crippen molar-refractivity contribution in [2.75, 3.05) is 13.2 Å². The summed E-state index contributed by atoms with van der Waals surface area (Å²) in [6.07, 6.45) is 0.598. The first-order valence-corrected chi connectivity index (χ1v) is 7.31. The van der Waals surface area contributed by atoms with Gasteiger partial charge in [-0.3, -0.25) is 4.79 Å². The number of aliphatic hydroxyl groups is 1. The fourth-order valence-electron chi connectivity index (χ4n) is 1.63. The lowest BCUT2D eigenvalue weighted by molar-refractivity contribution is 0.110. The molecule has 6 nitrogen and oxygen atoms in total. The van der Waals surface area contributed by atoms with E-state index in [0.29, 0.717) is 17.6 Å². The van der Waals surface area contributed by atoms with Crippen molar-refractivity contribution in [3.8, 4) is 11.3 Å². The third-order valence-corrected chi connectivity index (χ3v) is 4.07. The Morgan fingerprint density at radius 3 is 2.40 bits per heavy atom. The Morgan fingerprint density at radius 1 is 1.15 bits per heavy atom. The number of rotatable bonds is 6. The largest absolute Gasteiger partial charge is 0.453 e. The maximum Gasteiger partial charge on any atom is 0.240 e. The molecule has 20 heavy (non-hydrogen) atoms. The van der Waals surface area contributed by atoms with Gasteiger partial charge in [0.05, 0.1) is 11.5 Å². The molecule has 0 amide bonds. The monoisotopic (exact) mass is 295 g/mol. The maximum atomic E-state index is 11.8. The molecule has 0 bridgehead atoms. The number of hydrogen-bond acceptors (Lipinski definition) is 5. The molecular weight excluding hydrogens is 282 g/mol. The van der Waals surface area contributed by atoms with Gasteiger partial charge < -0.3 is 9.52 Å². The van der Waals surface area contributed by atoms with Crippen LogP contribution in [-0.4, -0.2) is 33.0 Å². The van der Waals surface area contributed by atoms with Gasteiger partial charge in [0.1, 0.15) is 5.76 Å². The van der Waals surface area contributed by atoms with Crippen LogP contribution in [0.5, 0.6) is 0 Å². The Hall–Kier alpha value is -1.96. The number of carbonyl (C=O) groups is 1. The van der Waals surface area contributed by atoms with Crippen LogP contribution in [-0.2, 0) is 10.0 Å². The van der Waals surface area contributed by atoms with E-state index in [0.717, 1.165) is 0 Å². The summed E-state index contributed by atoms with van der Waals surface area (Å²) in [4.78, 5) is 10.6. The average molecular weight is 295 g/mol. The van der Waals surface area contributed by atoms with Gasteiger partial charge in [-0.05, 0) is 36.4 Å². The number of aliphatic hydroxyl groups excluding tert-OH is 1. The molecule has 0 aliphatic rings. The molecule has 0 unspecified atom stereocenters. The molecule has 0 fully saturated rings. The SMILES string of the molecule is O=Cc1ccc(-c2ccc(S(=O)(=O)NCCO)cc2)o1. The van der Waals surface area contributed by atoms with Crippen LogP contribution < -0.4 is 4.72 Å². The molecule has 0 atom stereocenters. The van der Waals surface area contributed by atoms with Crippen LogP contribution >= 0.6 is 0 Å². The van der Waals surface area contributed by atoms with Crippen LogP contribution in [0.2, 0.25) is 0 Å². The van der Waals surface area contributed by atoms with Crippen LogP contribution in [0, 0.1) is 0 Å². The first-order chi connectivity index (χ1) is 9.56. The molecule has 0 saturated carbocycles. The van der Waals surface area contributed by atoms with Crippen LogP contribution in [0.4, 0.5) is 0 Å². The van der Waals surface area contributed by atoms with E-state index in [4.69, 9.17) is 9.52 Å². The molecule has 2 aromatic rings. The molecule has 1 heterocycles.